The quantitative estimate of drug-likeness (QED) is 0.827. The standard InChI is InChI=1S/C13H13N3OS/c1-7-4-9(10-6-18-13(14)15-10)5-8-2-3-11(17)16-12(7)8/h4-6H,2-3H2,1H3,(H2,14,15)(H,16,17). The van der Waals surface area contributed by atoms with Gasteiger partial charge in [-0.25, -0.2) is 4.98 Å². The Morgan fingerprint density at radius 1 is 1.39 bits per heavy atom. The molecule has 0 atom stereocenters. The predicted octanol–water partition coefficient (Wildman–Crippen LogP) is 2.59. The molecule has 0 fully saturated rings. The van der Waals surface area contributed by atoms with Crippen LogP contribution < -0.4 is 11.1 Å². The van der Waals surface area contributed by atoms with Gasteiger partial charge in [0.2, 0.25) is 5.91 Å². The van der Waals surface area contributed by atoms with E-state index < -0.39 is 0 Å². The van der Waals surface area contributed by atoms with Gasteiger partial charge in [0, 0.05) is 23.1 Å². The summed E-state index contributed by atoms with van der Waals surface area (Å²) in [5.74, 6) is 0.0938. The largest absolute Gasteiger partial charge is 0.375 e. The van der Waals surface area contributed by atoms with Gasteiger partial charge in [0.05, 0.1) is 5.69 Å². The second-order valence-electron chi connectivity index (χ2n) is 4.45. The first-order valence-corrected chi connectivity index (χ1v) is 6.66. The zero-order valence-electron chi connectivity index (χ0n) is 9.99. The molecule has 4 nitrogen and oxygen atoms in total. The second kappa shape index (κ2) is 4.10. The van der Waals surface area contributed by atoms with Gasteiger partial charge in [-0.15, -0.1) is 11.3 Å². The monoisotopic (exact) mass is 259 g/mol. The van der Waals surface area contributed by atoms with Gasteiger partial charge in [0.25, 0.3) is 0 Å². The third kappa shape index (κ3) is 1.86. The minimum absolute atomic E-state index is 0.0938. The number of nitrogen functional groups attached to an aromatic ring is 1. The first-order valence-electron chi connectivity index (χ1n) is 5.78. The smallest absolute Gasteiger partial charge is 0.224 e. The molecule has 18 heavy (non-hydrogen) atoms. The summed E-state index contributed by atoms with van der Waals surface area (Å²) in [5, 5.41) is 5.46. The predicted molar refractivity (Wildman–Crippen MR) is 73.7 cm³/mol. The number of amides is 1. The van der Waals surface area contributed by atoms with Crippen LogP contribution in [0.1, 0.15) is 17.5 Å². The van der Waals surface area contributed by atoms with Gasteiger partial charge in [-0.05, 0) is 36.6 Å². The van der Waals surface area contributed by atoms with Crippen LogP contribution in [0.3, 0.4) is 0 Å². The highest BCUT2D eigenvalue weighted by Crippen LogP contribution is 2.32. The molecule has 1 aromatic heterocycles. The van der Waals surface area contributed by atoms with Crippen LogP contribution in [0.5, 0.6) is 0 Å². The van der Waals surface area contributed by atoms with Crippen molar-refractivity contribution in [1.82, 2.24) is 4.98 Å². The molecular weight excluding hydrogens is 246 g/mol. The van der Waals surface area contributed by atoms with Gasteiger partial charge in [0.1, 0.15) is 0 Å². The molecule has 1 aliphatic rings. The van der Waals surface area contributed by atoms with E-state index in [9.17, 15) is 4.79 Å². The van der Waals surface area contributed by atoms with Crippen LogP contribution in [0.15, 0.2) is 17.5 Å². The fourth-order valence-electron chi connectivity index (χ4n) is 2.25. The van der Waals surface area contributed by atoms with Crippen molar-refractivity contribution in [2.24, 2.45) is 0 Å². The molecule has 1 amide bonds. The third-order valence-electron chi connectivity index (χ3n) is 3.12. The van der Waals surface area contributed by atoms with Crippen LogP contribution in [0.2, 0.25) is 0 Å². The van der Waals surface area contributed by atoms with E-state index in [2.05, 4.69) is 16.4 Å². The Labute approximate surface area is 109 Å². The molecule has 0 saturated carbocycles. The Morgan fingerprint density at radius 3 is 2.94 bits per heavy atom. The van der Waals surface area contributed by atoms with Gasteiger partial charge in [-0.2, -0.15) is 0 Å². The summed E-state index contributed by atoms with van der Waals surface area (Å²) >= 11 is 1.44. The minimum atomic E-state index is 0.0938. The Kier molecular flexibility index (Phi) is 2.56. The molecule has 0 saturated heterocycles. The Balaban J connectivity index is 2.09. The number of nitrogens with zero attached hydrogens (tertiary/aromatic N) is 1. The molecule has 0 unspecified atom stereocenters. The number of anilines is 2. The lowest BCUT2D eigenvalue weighted by Crippen LogP contribution is -2.19. The normalized spacial score (nSPS) is 14.2. The van der Waals surface area contributed by atoms with E-state index >= 15 is 0 Å². The van der Waals surface area contributed by atoms with Crippen molar-refractivity contribution in [3.63, 3.8) is 0 Å². The summed E-state index contributed by atoms with van der Waals surface area (Å²) in [7, 11) is 0. The van der Waals surface area contributed by atoms with E-state index in [4.69, 9.17) is 5.73 Å². The van der Waals surface area contributed by atoms with Crippen LogP contribution in [-0.4, -0.2) is 10.9 Å². The van der Waals surface area contributed by atoms with Crippen LogP contribution in [0.4, 0.5) is 10.8 Å². The molecule has 0 aliphatic carbocycles. The number of rotatable bonds is 1. The van der Waals surface area contributed by atoms with E-state index in [-0.39, 0.29) is 5.91 Å². The average Bonchev–Trinajstić information content (AvgIpc) is 2.77. The van der Waals surface area contributed by atoms with E-state index in [0.717, 1.165) is 28.9 Å². The fraction of sp³-hybridized carbons (Fsp3) is 0.231. The molecule has 3 N–H and O–H groups in total. The molecule has 1 aliphatic heterocycles. The van der Waals surface area contributed by atoms with Crippen molar-refractivity contribution < 1.29 is 4.79 Å². The fourth-order valence-corrected chi connectivity index (χ4v) is 2.83. The number of aromatic nitrogens is 1. The number of nitrogens with one attached hydrogen (secondary N) is 1. The topological polar surface area (TPSA) is 68.0 Å². The minimum Gasteiger partial charge on any atom is -0.375 e. The molecule has 2 aromatic rings. The highest BCUT2D eigenvalue weighted by molar-refractivity contribution is 7.13. The SMILES string of the molecule is Cc1cc(-c2csc(N)n2)cc2c1NC(=O)CC2. The lowest BCUT2D eigenvalue weighted by atomic mass is 9.96. The number of hydrogen-bond acceptors (Lipinski definition) is 4. The number of benzene rings is 1. The Hall–Kier alpha value is -1.88. The zero-order chi connectivity index (χ0) is 12.7. The molecule has 0 bridgehead atoms. The van der Waals surface area contributed by atoms with E-state index in [1.54, 1.807) is 0 Å². The number of nitrogens with two attached hydrogens (primary N) is 1. The van der Waals surface area contributed by atoms with Crippen molar-refractivity contribution in [2.75, 3.05) is 11.1 Å². The summed E-state index contributed by atoms with van der Waals surface area (Å²) in [6.07, 6.45) is 1.34. The summed E-state index contributed by atoms with van der Waals surface area (Å²) in [5.41, 5.74) is 10.8. The molecule has 1 aromatic carbocycles. The molecular formula is C13H13N3OS. The van der Waals surface area contributed by atoms with Crippen LogP contribution in [0, 0.1) is 6.92 Å². The van der Waals surface area contributed by atoms with Crippen molar-refractivity contribution >= 4 is 28.1 Å². The summed E-state index contributed by atoms with van der Waals surface area (Å²) in [6.45, 7) is 2.00. The second-order valence-corrected chi connectivity index (χ2v) is 5.34. The average molecular weight is 259 g/mol. The van der Waals surface area contributed by atoms with Crippen LogP contribution in [-0.2, 0) is 11.2 Å². The first-order chi connectivity index (χ1) is 8.63. The van der Waals surface area contributed by atoms with Crippen molar-refractivity contribution in [2.45, 2.75) is 19.8 Å². The van der Waals surface area contributed by atoms with Crippen molar-refractivity contribution in [1.29, 1.82) is 0 Å². The number of hydrogen-bond donors (Lipinski definition) is 2. The van der Waals surface area contributed by atoms with Crippen LogP contribution >= 0.6 is 11.3 Å². The summed E-state index contributed by atoms with van der Waals surface area (Å²) in [4.78, 5) is 15.7. The molecule has 2 heterocycles. The number of fused-ring (bicyclic) bond motifs is 1. The summed E-state index contributed by atoms with van der Waals surface area (Å²) in [6, 6.07) is 4.13. The van der Waals surface area contributed by atoms with Gasteiger partial charge in [-0.1, -0.05) is 0 Å². The summed E-state index contributed by atoms with van der Waals surface area (Å²) < 4.78 is 0. The lowest BCUT2D eigenvalue weighted by molar-refractivity contribution is -0.116. The lowest BCUT2D eigenvalue weighted by Gasteiger charge is -2.19. The maximum absolute atomic E-state index is 11.4. The van der Waals surface area contributed by atoms with Crippen molar-refractivity contribution in [3.8, 4) is 11.3 Å². The van der Waals surface area contributed by atoms with Gasteiger partial charge in [0.15, 0.2) is 5.13 Å². The zero-order valence-corrected chi connectivity index (χ0v) is 10.8. The molecule has 3 rings (SSSR count). The van der Waals surface area contributed by atoms with E-state index in [1.807, 2.05) is 18.4 Å². The van der Waals surface area contributed by atoms with E-state index in [0.29, 0.717) is 11.6 Å². The first kappa shape index (κ1) is 11.2. The number of aryl methyl sites for hydroxylation is 2. The number of carbonyl (C=O) groups excluding carboxylic acids is 1. The number of thiazole rings is 1. The highest BCUT2D eigenvalue weighted by Gasteiger charge is 2.18. The maximum atomic E-state index is 11.4. The van der Waals surface area contributed by atoms with Gasteiger partial charge in [-0.3, -0.25) is 4.79 Å². The molecule has 0 radical (unpaired) electrons. The van der Waals surface area contributed by atoms with Crippen molar-refractivity contribution in [3.05, 3.63) is 28.6 Å². The maximum Gasteiger partial charge on any atom is 0.224 e. The third-order valence-corrected chi connectivity index (χ3v) is 3.79. The Morgan fingerprint density at radius 2 is 2.22 bits per heavy atom. The highest BCUT2D eigenvalue weighted by atomic mass is 32.1. The van der Waals surface area contributed by atoms with Crippen LogP contribution in [0.25, 0.3) is 11.3 Å². The molecule has 92 valence electrons. The van der Waals surface area contributed by atoms with Gasteiger partial charge >= 0.3 is 0 Å². The van der Waals surface area contributed by atoms with E-state index in [1.165, 1.54) is 16.9 Å². The Bertz CT molecular complexity index is 633. The molecule has 5 heteroatoms. The molecule has 0 spiro atoms. The number of carbonyl (C=O) groups is 1. The van der Waals surface area contributed by atoms with Gasteiger partial charge < -0.3 is 11.1 Å².